The highest BCUT2D eigenvalue weighted by atomic mass is 32.2. The molecule has 2 aromatic carbocycles. The molecule has 9 heteroatoms. The van der Waals surface area contributed by atoms with Crippen LogP contribution in [0.4, 0.5) is 0 Å². The quantitative estimate of drug-likeness (QED) is 0.273. The van der Waals surface area contributed by atoms with E-state index in [1.54, 1.807) is 6.07 Å². The summed E-state index contributed by atoms with van der Waals surface area (Å²) in [6.45, 7) is 11.2. The average molecular weight is 567 g/mol. The predicted molar refractivity (Wildman–Crippen MR) is 160 cm³/mol. The van der Waals surface area contributed by atoms with E-state index in [1.165, 1.54) is 24.2 Å². The van der Waals surface area contributed by atoms with Crippen molar-refractivity contribution in [2.75, 3.05) is 13.6 Å². The van der Waals surface area contributed by atoms with E-state index in [9.17, 15) is 13.7 Å². The number of H-pyrrole nitrogens is 1. The fourth-order valence-electron chi connectivity index (χ4n) is 5.46. The molecule has 39 heavy (non-hydrogen) atoms. The van der Waals surface area contributed by atoms with E-state index in [2.05, 4.69) is 36.9 Å². The normalized spacial score (nSPS) is 18.7. The summed E-state index contributed by atoms with van der Waals surface area (Å²) in [5.74, 6) is 0.549. The predicted octanol–water partition coefficient (Wildman–Crippen LogP) is 5.74. The first-order valence-corrected chi connectivity index (χ1v) is 18.9. The van der Waals surface area contributed by atoms with Gasteiger partial charge < -0.3 is 15.0 Å². The Morgan fingerprint density at radius 3 is 2.56 bits per heavy atom. The number of benzene rings is 2. The number of nitriles is 1. The molecule has 0 bridgehead atoms. The summed E-state index contributed by atoms with van der Waals surface area (Å²) in [6.07, 6.45) is 5.44. The monoisotopic (exact) mass is 566 g/mol. The van der Waals surface area contributed by atoms with E-state index < -0.39 is 23.3 Å². The summed E-state index contributed by atoms with van der Waals surface area (Å²) < 4.78 is 34.7. The molecule has 0 amide bonds. The van der Waals surface area contributed by atoms with Crippen LogP contribution in [-0.4, -0.2) is 51.1 Å². The topological polar surface area (TPSA) is 98.2 Å². The third kappa shape index (κ3) is 7.00. The second kappa shape index (κ2) is 12.4. The smallest absolute Gasteiger partial charge is 0.234 e. The van der Waals surface area contributed by atoms with Crippen molar-refractivity contribution in [2.24, 2.45) is 5.92 Å². The fraction of sp³-hybridized carbons (Fsp3) is 0.500. The number of nitrogens with one attached hydrogen (secondary N) is 2. The Labute approximate surface area is 234 Å². The number of aromatic nitrogens is 1. The average Bonchev–Trinajstić information content (AvgIpc) is 3.57. The van der Waals surface area contributed by atoms with Gasteiger partial charge in [-0.15, -0.1) is 0 Å². The number of sulfonamides is 1. The van der Waals surface area contributed by atoms with Crippen LogP contribution < -0.4 is 5.32 Å². The van der Waals surface area contributed by atoms with Gasteiger partial charge in [-0.05, 0) is 55.0 Å². The molecule has 4 unspecified atom stereocenters. The van der Waals surface area contributed by atoms with Gasteiger partial charge in [0.25, 0.3) is 0 Å². The molecule has 7 nitrogen and oxygen atoms in total. The molecular weight excluding hydrogens is 525 g/mol. The van der Waals surface area contributed by atoms with Crippen molar-refractivity contribution in [3.8, 4) is 6.07 Å². The molecule has 3 aromatic rings. The van der Waals surface area contributed by atoms with Crippen molar-refractivity contribution in [2.45, 2.75) is 76.0 Å². The molecule has 1 aliphatic heterocycles. The maximum Gasteiger partial charge on any atom is 0.234 e. The van der Waals surface area contributed by atoms with E-state index in [-0.39, 0.29) is 12.3 Å². The molecule has 2 heterocycles. The van der Waals surface area contributed by atoms with Gasteiger partial charge in [0.2, 0.25) is 10.0 Å². The van der Waals surface area contributed by atoms with Crippen LogP contribution in [0.1, 0.15) is 48.1 Å². The first-order valence-electron chi connectivity index (χ1n) is 13.8. The van der Waals surface area contributed by atoms with Crippen LogP contribution in [0, 0.1) is 17.2 Å². The van der Waals surface area contributed by atoms with Crippen molar-refractivity contribution < 1.29 is 13.2 Å². The lowest BCUT2D eigenvalue weighted by atomic mass is 9.97. The molecule has 1 aliphatic rings. The molecule has 4 atom stereocenters. The summed E-state index contributed by atoms with van der Waals surface area (Å²) in [6, 6.07) is 17.4. The van der Waals surface area contributed by atoms with Gasteiger partial charge in [-0.1, -0.05) is 63.0 Å². The van der Waals surface area contributed by atoms with Crippen LogP contribution in [0.5, 0.6) is 0 Å². The Kier molecular flexibility index (Phi) is 9.35. The van der Waals surface area contributed by atoms with Crippen molar-refractivity contribution in [3.05, 3.63) is 71.4 Å². The Morgan fingerprint density at radius 2 is 1.92 bits per heavy atom. The van der Waals surface area contributed by atoms with Crippen molar-refractivity contribution in [1.29, 1.82) is 5.26 Å². The molecule has 4 rings (SSSR count). The number of fused-ring (bicyclic) bond motifs is 1. The molecule has 0 spiro atoms. The molecule has 1 aromatic heterocycles. The van der Waals surface area contributed by atoms with Crippen LogP contribution >= 0.6 is 0 Å². The lowest BCUT2D eigenvalue weighted by Crippen LogP contribution is -2.43. The standard InChI is InChI=1S/C30H42N4O3SSi/c1-22(27-12-9-15-32-27)16-30(39(3,4)5)37-21-25-19-33-28-14-13-24(17-26(25)28)29(18-31)38(35,36)34(2)20-23-10-7-6-8-11-23/h6-8,10-11,13-14,17,19,22,27,29-30,32-33H,9,12,15-16,20-21H2,1-5H3. The van der Waals surface area contributed by atoms with Gasteiger partial charge in [0.1, 0.15) is 0 Å². The van der Waals surface area contributed by atoms with E-state index in [4.69, 9.17) is 4.74 Å². The van der Waals surface area contributed by atoms with E-state index in [0.29, 0.717) is 24.1 Å². The molecule has 0 radical (unpaired) electrons. The first-order chi connectivity index (χ1) is 18.5. The zero-order valence-corrected chi connectivity index (χ0v) is 25.6. The molecule has 2 N–H and O–H groups in total. The van der Waals surface area contributed by atoms with Gasteiger partial charge in [0, 0.05) is 48.0 Å². The number of aromatic amines is 1. The van der Waals surface area contributed by atoms with Crippen molar-refractivity contribution in [1.82, 2.24) is 14.6 Å². The van der Waals surface area contributed by atoms with Gasteiger partial charge in [0.05, 0.1) is 20.7 Å². The molecule has 0 saturated carbocycles. The van der Waals surface area contributed by atoms with Crippen molar-refractivity contribution in [3.63, 3.8) is 0 Å². The fourth-order valence-corrected chi connectivity index (χ4v) is 8.44. The van der Waals surface area contributed by atoms with Crippen LogP contribution in [0.15, 0.2) is 54.7 Å². The zero-order valence-electron chi connectivity index (χ0n) is 23.8. The second-order valence-electron chi connectivity index (χ2n) is 12.0. The minimum atomic E-state index is -3.90. The highest BCUT2D eigenvalue weighted by Gasteiger charge is 2.33. The Hall–Kier alpha value is -2.48. The summed E-state index contributed by atoms with van der Waals surface area (Å²) in [5, 5.41) is 13.2. The minimum absolute atomic E-state index is 0.208. The first kappa shape index (κ1) is 29.5. The highest BCUT2D eigenvalue weighted by molar-refractivity contribution is 7.89. The second-order valence-corrected chi connectivity index (χ2v) is 19.5. The largest absolute Gasteiger partial charge is 0.377 e. The van der Waals surface area contributed by atoms with E-state index >= 15 is 0 Å². The van der Waals surface area contributed by atoms with Crippen LogP contribution in [-0.2, 0) is 27.9 Å². The maximum absolute atomic E-state index is 13.4. The number of ether oxygens (including phenoxy) is 1. The lowest BCUT2D eigenvalue weighted by molar-refractivity contribution is 0.0683. The Balaban J connectivity index is 1.53. The van der Waals surface area contributed by atoms with Gasteiger partial charge in [-0.3, -0.25) is 0 Å². The van der Waals surface area contributed by atoms with E-state index in [0.717, 1.165) is 35.0 Å². The van der Waals surface area contributed by atoms with Gasteiger partial charge in [-0.25, -0.2) is 8.42 Å². The molecule has 210 valence electrons. The van der Waals surface area contributed by atoms with Crippen LogP contribution in [0.2, 0.25) is 19.6 Å². The summed E-state index contributed by atoms with van der Waals surface area (Å²) in [5.41, 5.74) is 3.43. The Bertz CT molecular complexity index is 1390. The van der Waals surface area contributed by atoms with Gasteiger partial charge in [0.15, 0.2) is 5.25 Å². The van der Waals surface area contributed by atoms with Crippen LogP contribution in [0.3, 0.4) is 0 Å². The minimum Gasteiger partial charge on any atom is -0.377 e. The summed E-state index contributed by atoms with van der Waals surface area (Å²) >= 11 is 0. The number of rotatable bonds is 12. The molecule has 1 saturated heterocycles. The Morgan fingerprint density at radius 1 is 1.18 bits per heavy atom. The maximum atomic E-state index is 13.4. The van der Waals surface area contributed by atoms with Gasteiger partial charge in [-0.2, -0.15) is 9.57 Å². The summed E-state index contributed by atoms with van der Waals surface area (Å²) in [7, 11) is -3.97. The van der Waals surface area contributed by atoms with Gasteiger partial charge >= 0.3 is 0 Å². The van der Waals surface area contributed by atoms with E-state index in [1.807, 2.05) is 54.7 Å². The number of nitrogens with zero attached hydrogens (tertiary/aromatic N) is 2. The SMILES string of the molecule is CC(CC(OCc1c[nH]c2ccc(C(C#N)S(=O)(=O)N(C)Cc3ccccc3)cc12)[Si](C)(C)C)C1CCCN1. The van der Waals surface area contributed by atoms with Crippen LogP contribution in [0.25, 0.3) is 10.9 Å². The number of hydrogen-bond acceptors (Lipinski definition) is 5. The molecule has 1 fully saturated rings. The molecular formula is C30H42N4O3SSi. The third-order valence-electron chi connectivity index (χ3n) is 7.97. The highest BCUT2D eigenvalue weighted by Crippen LogP contribution is 2.31. The lowest BCUT2D eigenvalue weighted by Gasteiger charge is -2.33. The third-order valence-corrected chi connectivity index (χ3v) is 12.3. The zero-order chi connectivity index (χ0) is 28.2. The summed E-state index contributed by atoms with van der Waals surface area (Å²) in [4.78, 5) is 3.29. The molecule has 0 aliphatic carbocycles. The van der Waals surface area contributed by atoms with Crippen molar-refractivity contribution >= 4 is 29.0 Å². The number of hydrogen-bond donors (Lipinski definition) is 2.